The van der Waals surface area contributed by atoms with E-state index in [-0.39, 0.29) is 11.9 Å². The molecule has 124 valence electrons. The van der Waals surface area contributed by atoms with E-state index < -0.39 is 0 Å². The zero-order valence-corrected chi connectivity index (χ0v) is 13.8. The quantitative estimate of drug-likeness (QED) is 0.754. The number of aromatic nitrogens is 4. The molecule has 0 saturated carbocycles. The summed E-state index contributed by atoms with van der Waals surface area (Å²) in [5, 5.41) is 7.26. The molecule has 7 heteroatoms. The molecule has 0 aliphatic carbocycles. The Morgan fingerprint density at radius 3 is 2.83 bits per heavy atom. The molecular formula is C17H19N5O2. The van der Waals surface area contributed by atoms with Gasteiger partial charge >= 0.3 is 0 Å². The van der Waals surface area contributed by atoms with Gasteiger partial charge in [0.2, 0.25) is 0 Å². The predicted octanol–water partition coefficient (Wildman–Crippen LogP) is 2.40. The van der Waals surface area contributed by atoms with E-state index in [4.69, 9.17) is 4.74 Å². The van der Waals surface area contributed by atoms with Crippen LogP contribution in [0.15, 0.2) is 42.9 Å². The van der Waals surface area contributed by atoms with Gasteiger partial charge in [-0.25, -0.2) is 9.67 Å². The van der Waals surface area contributed by atoms with Crippen LogP contribution in [-0.4, -0.2) is 32.8 Å². The Balaban J connectivity index is 1.76. The third-order valence-corrected chi connectivity index (χ3v) is 3.70. The minimum Gasteiger partial charge on any atom is -0.494 e. The van der Waals surface area contributed by atoms with Gasteiger partial charge in [-0.15, -0.1) is 0 Å². The molecule has 0 spiro atoms. The first-order chi connectivity index (χ1) is 11.6. The van der Waals surface area contributed by atoms with Gasteiger partial charge in [-0.1, -0.05) is 12.1 Å². The first kappa shape index (κ1) is 15.8. The van der Waals surface area contributed by atoms with Crippen molar-refractivity contribution in [2.75, 3.05) is 7.11 Å². The maximum atomic E-state index is 12.2. The Bertz CT molecular complexity index is 852. The number of carbonyl (C=O) groups is 1. The number of nitrogens with zero attached hydrogens (tertiary/aromatic N) is 3. The molecule has 2 N–H and O–H groups in total. The summed E-state index contributed by atoms with van der Waals surface area (Å²) in [6.45, 7) is 3.75. The summed E-state index contributed by atoms with van der Waals surface area (Å²) in [5.74, 6) is 0.784. The van der Waals surface area contributed by atoms with Crippen molar-refractivity contribution >= 4 is 5.91 Å². The van der Waals surface area contributed by atoms with Crippen LogP contribution < -0.4 is 10.1 Å². The van der Waals surface area contributed by atoms with Crippen LogP contribution in [0.2, 0.25) is 0 Å². The van der Waals surface area contributed by atoms with Gasteiger partial charge in [0.1, 0.15) is 11.4 Å². The number of hydrogen-bond acceptors (Lipinski definition) is 4. The monoisotopic (exact) mass is 325 g/mol. The van der Waals surface area contributed by atoms with Gasteiger partial charge in [0, 0.05) is 23.7 Å². The molecule has 7 nitrogen and oxygen atoms in total. The first-order valence-corrected chi connectivity index (χ1v) is 7.59. The van der Waals surface area contributed by atoms with Crippen molar-refractivity contribution in [3.8, 4) is 11.4 Å². The van der Waals surface area contributed by atoms with E-state index in [2.05, 4.69) is 20.4 Å². The zero-order valence-electron chi connectivity index (χ0n) is 13.8. The van der Waals surface area contributed by atoms with E-state index in [1.165, 1.54) is 0 Å². The Labute approximate surface area is 139 Å². The number of aryl methyl sites for hydroxylation is 1. The largest absolute Gasteiger partial charge is 0.494 e. The van der Waals surface area contributed by atoms with Crippen LogP contribution in [-0.2, 0) is 0 Å². The fourth-order valence-electron chi connectivity index (χ4n) is 2.39. The second kappa shape index (κ2) is 6.57. The zero-order chi connectivity index (χ0) is 17.1. The lowest BCUT2D eigenvalue weighted by Gasteiger charge is -2.11. The number of rotatable bonds is 5. The molecule has 0 bridgehead atoms. The minimum absolute atomic E-state index is 0.202. The van der Waals surface area contributed by atoms with Crippen molar-refractivity contribution in [1.82, 2.24) is 25.1 Å². The molecule has 0 fully saturated rings. The Morgan fingerprint density at radius 1 is 1.33 bits per heavy atom. The molecule has 2 heterocycles. The summed E-state index contributed by atoms with van der Waals surface area (Å²) in [7, 11) is 1.62. The average molecular weight is 325 g/mol. The first-order valence-electron chi connectivity index (χ1n) is 7.59. The number of imidazole rings is 1. The Morgan fingerprint density at radius 2 is 2.12 bits per heavy atom. The molecule has 1 amide bonds. The number of aromatic amines is 1. The normalized spacial score (nSPS) is 12.0. The molecule has 0 aliphatic heterocycles. The number of amides is 1. The maximum Gasteiger partial charge on any atom is 0.287 e. The fourth-order valence-corrected chi connectivity index (χ4v) is 2.39. The second-order valence-corrected chi connectivity index (χ2v) is 5.50. The van der Waals surface area contributed by atoms with Crippen LogP contribution >= 0.6 is 0 Å². The standard InChI is InChI=1S/C17H19N5O2/c1-11-8-18-16(20-11)17(23)21-12(2)13-9-19-22(10-13)14-6-4-5-7-15(14)24-3/h4-10,12H,1-3H3,(H,18,20)(H,21,23)/t12-/m0/s1. The van der Waals surface area contributed by atoms with Crippen molar-refractivity contribution in [1.29, 1.82) is 0 Å². The highest BCUT2D eigenvalue weighted by molar-refractivity contribution is 5.90. The van der Waals surface area contributed by atoms with Gasteiger partial charge in [0.15, 0.2) is 5.82 Å². The molecule has 0 unspecified atom stereocenters. The second-order valence-electron chi connectivity index (χ2n) is 5.50. The number of carbonyl (C=O) groups excluding carboxylic acids is 1. The molecule has 0 saturated heterocycles. The van der Waals surface area contributed by atoms with E-state index in [0.29, 0.717) is 5.82 Å². The predicted molar refractivity (Wildman–Crippen MR) is 89.3 cm³/mol. The van der Waals surface area contributed by atoms with E-state index in [0.717, 1.165) is 22.7 Å². The summed E-state index contributed by atoms with van der Waals surface area (Å²) < 4.78 is 7.08. The van der Waals surface area contributed by atoms with Gasteiger partial charge in [0.25, 0.3) is 5.91 Å². The minimum atomic E-state index is -0.249. The molecule has 1 aromatic carbocycles. The summed E-state index contributed by atoms with van der Waals surface area (Å²) >= 11 is 0. The van der Waals surface area contributed by atoms with Crippen molar-refractivity contribution in [3.05, 3.63) is 59.9 Å². The number of benzene rings is 1. The Hall–Kier alpha value is -3.09. The number of para-hydroxylation sites is 2. The van der Waals surface area contributed by atoms with Gasteiger partial charge in [-0.05, 0) is 26.0 Å². The molecule has 2 aromatic heterocycles. The summed E-state index contributed by atoms with van der Waals surface area (Å²) in [6.07, 6.45) is 5.22. The summed E-state index contributed by atoms with van der Waals surface area (Å²) in [6, 6.07) is 7.42. The Kier molecular flexibility index (Phi) is 4.33. The number of hydrogen-bond donors (Lipinski definition) is 2. The van der Waals surface area contributed by atoms with Crippen LogP contribution in [0.3, 0.4) is 0 Å². The highest BCUT2D eigenvalue weighted by Gasteiger charge is 2.16. The topological polar surface area (TPSA) is 84.8 Å². The molecule has 3 rings (SSSR count). The number of nitrogens with one attached hydrogen (secondary N) is 2. The summed E-state index contributed by atoms with van der Waals surface area (Å²) in [5.41, 5.74) is 2.57. The SMILES string of the molecule is COc1ccccc1-n1cc([C@H](C)NC(=O)c2ncc(C)[nH]2)cn1. The molecule has 0 radical (unpaired) electrons. The van der Waals surface area contributed by atoms with Crippen molar-refractivity contribution in [3.63, 3.8) is 0 Å². The molecule has 24 heavy (non-hydrogen) atoms. The van der Waals surface area contributed by atoms with E-state index in [9.17, 15) is 4.79 Å². The van der Waals surface area contributed by atoms with E-state index >= 15 is 0 Å². The van der Waals surface area contributed by atoms with Crippen molar-refractivity contribution < 1.29 is 9.53 Å². The molecular weight excluding hydrogens is 306 g/mol. The number of ether oxygens (including phenoxy) is 1. The lowest BCUT2D eigenvalue weighted by atomic mass is 10.2. The highest BCUT2D eigenvalue weighted by Crippen LogP contribution is 2.23. The van der Waals surface area contributed by atoms with Crippen LogP contribution in [0.1, 0.15) is 34.8 Å². The van der Waals surface area contributed by atoms with E-state index in [1.807, 2.05) is 44.3 Å². The number of H-pyrrole nitrogens is 1. The lowest BCUT2D eigenvalue weighted by Crippen LogP contribution is -2.27. The third-order valence-electron chi connectivity index (χ3n) is 3.70. The van der Waals surface area contributed by atoms with Crippen LogP contribution in [0, 0.1) is 6.92 Å². The van der Waals surface area contributed by atoms with Crippen LogP contribution in [0.5, 0.6) is 5.75 Å². The van der Waals surface area contributed by atoms with Crippen molar-refractivity contribution in [2.24, 2.45) is 0 Å². The van der Waals surface area contributed by atoms with E-state index in [1.54, 1.807) is 24.2 Å². The molecule has 0 aliphatic rings. The molecule has 3 aromatic rings. The van der Waals surface area contributed by atoms with Crippen molar-refractivity contribution in [2.45, 2.75) is 19.9 Å². The van der Waals surface area contributed by atoms with Gasteiger partial charge in [-0.3, -0.25) is 4.79 Å². The van der Waals surface area contributed by atoms with Crippen LogP contribution in [0.4, 0.5) is 0 Å². The number of methoxy groups -OCH3 is 1. The maximum absolute atomic E-state index is 12.2. The fraction of sp³-hybridized carbons (Fsp3) is 0.235. The lowest BCUT2D eigenvalue weighted by molar-refractivity contribution is 0.0930. The van der Waals surface area contributed by atoms with Gasteiger partial charge in [0.05, 0.1) is 19.3 Å². The summed E-state index contributed by atoms with van der Waals surface area (Å²) in [4.78, 5) is 19.1. The van der Waals surface area contributed by atoms with Gasteiger partial charge in [-0.2, -0.15) is 5.10 Å². The van der Waals surface area contributed by atoms with Gasteiger partial charge < -0.3 is 15.0 Å². The third kappa shape index (κ3) is 3.15. The molecule has 1 atom stereocenters. The average Bonchev–Trinajstić information content (AvgIpc) is 3.24. The smallest absolute Gasteiger partial charge is 0.287 e. The van der Waals surface area contributed by atoms with Crippen LogP contribution in [0.25, 0.3) is 5.69 Å². The highest BCUT2D eigenvalue weighted by atomic mass is 16.5.